The minimum absolute atomic E-state index is 0.206. The largest absolute Gasteiger partial charge is 0.382 e. The van der Waals surface area contributed by atoms with E-state index in [0.717, 1.165) is 40.0 Å². The molecule has 0 aliphatic heterocycles. The lowest BCUT2D eigenvalue weighted by Gasteiger charge is -2.07. The average Bonchev–Trinajstić information content (AvgIpc) is 3.34. The van der Waals surface area contributed by atoms with E-state index in [9.17, 15) is 4.79 Å². The van der Waals surface area contributed by atoms with Crippen LogP contribution in [0.15, 0.2) is 36.5 Å². The summed E-state index contributed by atoms with van der Waals surface area (Å²) in [5, 5.41) is 15.1. The third-order valence-electron chi connectivity index (χ3n) is 4.23. The molecule has 3 N–H and O–H groups in total. The summed E-state index contributed by atoms with van der Waals surface area (Å²) in [5.74, 6) is -0.206. The first-order valence-corrected chi connectivity index (χ1v) is 9.04. The van der Waals surface area contributed by atoms with Gasteiger partial charge in [-0.05, 0) is 38.0 Å². The van der Waals surface area contributed by atoms with Crippen LogP contribution in [-0.4, -0.2) is 23.1 Å². The van der Waals surface area contributed by atoms with Gasteiger partial charge in [-0.1, -0.05) is 17.7 Å². The van der Waals surface area contributed by atoms with Crippen LogP contribution in [0.25, 0.3) is 10.2 Å². The maximum Gasteiger partial charge on any atom is 0.266 e. The van der Waals surface area contributed by atoms with E-state index in [1.807, 2.05) is 37.3 Å². The van der Waals surface area contributed by atoms with Gasteiger partial charge >= 0.3 is 0 Å². The molecule has 0 radical (unpaired) electrons. The Balaban J connectivity index is 1.72. The molecule has 2 heterocycles. The van der Waals surface area contributed by atoms with Crippen molar-refractivity contribution in [2.24, 2.45) is 0 Å². The van der Waals surface area contributed by atoms with Gasteiger partial charge in [-0.3, -0.25) is 4.79 Å². The molecule has 1 fully saturated rings. The highest BCUT2D eigenvalue weighted by Gasteiger charge is 2.25. The van der Waals surface area contributed by atoms with Gasteiger partial charge in [0.15, 0.2) is 0 Å². The molecule has 1 aliphatic rings. The molecule has 1 amide bonds. The van der Waals surface area contributed by atoms with Gasteiger partial charge in [0.05, 0.1) is 0 Å². The van der Waals surface area contributed by atoms with Crippen LogP contribution >= 0.6 is 11.3 Å². The zero-order valence-corrected chi connectivity index (χ0v) is 14.6. The number of hydrogen-bond acceptors (Lipinski definition) is 5. The van der Waals surface area contributed by atoms with E-state index >= 15 is 0 Å². The molecular formula is C19H18N4OS. The van der Waals surface area contributed by atoms with Gasteiger partial charge in [0.25, 0.3) is 5.91 Å². The molecule has 0 bridgehead atoms. The van der Waals surface area contributed by atoms with Crippen LogP contribution in [0.1, 0.15) is 33.6 Å². The molecular weight excluding hydrogens is 332 g/mol. The first-order valence-electron chi connectivity index (χ1n) is 8.22. The van der Waals surface area contributed by atoms with Gasteiger partial charge in [-0.2, -0.15) is 0 Å². The second kappa shape index (κ2) is 6.29. The zero-order valence-electron chi connectivity index (χ0n) is 13.8. The monoisotopic (exact) mass is 350 g/mol. The normalized spacial score (nSPS) is 13.6. The Kier molecular flexibility index (Phi) is 3.97. The molecule has 2 aromatic heterocycles. The number of nitrogens with zero attached hydrogens (tertiary/aromatic N) is 1. The molecule has 3 aromatic rings. The minimum atomic E-state index is -0.206. The summed E-state index contributed by atoms with van der Waals surface area (Å²) >= 11 is 1.33. The summed E-state index contributed by atoms with van der Waals surface area (Å²) in [7, 11) is 0. The fourth-order valence-electron chi connectivity index (χ4n) is 2.74. The average molecular weight is 350 g/mol. The number of hydrogen-bond donors (Lipinski definition) is 3. The molecule has 25 heavy (non-hydrogen) atoms. The summed E-state index contributed by atoms with van der Waals surface area (Å²) in [6.45, 7) is 2.00. The smallest absolute Gasteiger partial charge is 0.266 e. The van der Waals surface area contributed by atoms with E-state index in [2.05, 4.69) is 15.6 Å². The topological polar surface area (TPSA) is 77.9 Å². The number of benzene rings is 1. The predicted molar refractivity (Wildman–Crippen MR) is 103 cm³/mol. The molecule has 5 nitrogen and oxygen atoms in total. The zero-order chi connectivity index (χ0) is 17.4. The Morgan fingerprint density at radius 2 is 2.04 bits per heavy atom. The maximum absolute atomic E-state index is 12.7. The quantitative estimate of drug-likeness (QED) is 0.596. The van der Waals surface area contributed by atoms with Gasteiger partial charge in [0, 0.05) is 40.8 Å². The van der Waals surface area contributed by atoms with Crippen LogP contribution in [0.5, 0.6) is 0 Å². The van der Waals surface area contributed by atoms with E-state index in [-0.39, 0.29) is 5.91 Å². The Labute approximate surface area is 149 Å². The lowest BCUT2D eigenvalue weighted by Crippen LogP contribution is -2.12. The van der Waals surface area contributed by atoms with Crippen LogP contribution < -0.4 is 10.6 Å². The number of aromatic nitrogens is 1. The Bertz CT molecular complexity index is 957. The second-order valence-electron chi connectivity index (χ2n) is 6.27. The van der Waals surface area contributed by atoms with Crippen LogP contribution in [0.3, 0.4) is 0 Å². The molecule has 0 atom stereocenters. The summed E-state index contributed by atoms with van der Waals surface area (Å²) in [6.07, 6.45) is 5.32. The minimum Gasteiger partial charge on any atom is -0.382 e. The molecule has 4 rings (SSSR count). The van der Waals surface area contributed by atoms with Crippen molar-refractivity contribution in [1.82, 2.24) is 4.98 Å². The van der Waals surface area contributed by atoms with E-state index in [1.54, 1.807) is 6.20 Å². The third-order valence-corrected chi connectivity index (χ3v) is 5.34. The number of fused-ring (bicyclic) bond motifs is 1. The van der Waals surface area contributed by atoms with Crippen LogP contribution in [0.2, 0.25) is 0 Å². The highest BCUT2D eigenvalue weighted by Crippen LogP contribution is 2.36. The number of pyridine rings is 1. The summed E-state index contributed by atoms with van der Waals surface area (Å²) in [4.78, 5) is 18.4. The van der Waals surface area contributed by atoms with Crippen molar-refractivity contribution in [3.05, 3.63) is 52.5 Å². The summed E-state index contributed by atoms with van der Waals surface area (Å²) in [6, 6.07) is 10.1. The number of aryl methyl sites for hydroxylation is 1. The molecule has 0 unspecified atom stereocenters. The van der Waals surface area contributed by atoms with Crippen molar-refractivity contribution in [3.8, 4) is 0 Å². The number of carbonyl (C=O) groups excluding carboxylic acids is 1. The van der Waals surface area contributed by atoms with Gasteiger partial charge in [0.1, 0.15) is 9.71 Å². The highest BCUT2D eigenvalue weighted by molar-refractivity contribution is 7.21. The Hall–Kier alpha value is -2.73. The van der Waals surface area contributed by atoms with Crippen LogP contribution in [0.4, 0.5) is 11.4 Å². The summed E-state index contributed by atoms with van der Waals surface area (Å²) in [5.41, 5.74) is 3.46. The Morgan fingerprint density at radius 1 is 1.28 bits per heavy atom. The number of nitrogens with one attached hydrogen (secondary N) is 3. The van der Waals surface area contributed by atoms with Crippen molar-refractivity contribution in [2.75, 3.05) is 10.6 Å². The molecule has 6 heteroatoms. The van der Waals surface area contributed by atoms with Crippen molar-refractivity contribution < 1.29 is 4.79 Å². The predicted octanol–water partition coefficient (Wildman–Crippen LogP) is 4.43. The fraction of sp³-hybridized carbons (Fsp3) is 0.211. The molecule has 1 saturated carbocycles. The molecule has 1 aliphatic carbocycles. The highest BCUT2D eigenvalue weighted by atomic mass is 32.1. The van der Waals surface area contributed by atoms with Crippen molar-refractivity contribution in [1.29, 1.82) is 5.41 Å². The van der Waals surface area contributed by atoms with Gasteiger partial charge in [-0.15, -0.1) is 11.3 Å². The molecule has 126 valence electrons. The van der Waals surface area contributed by atoms with E-state index in [1.165, 1.54) is 17.6 Å². The molecule has 0 saturated heterocycles. The van der Waals surface area contributed by atoms with Gasteiger partial charge in [-0.25, -0.2) is 4.98 Å². The fourth-order valence-corrected chi connectivity index (χ4v) is 3.79. The van der Waals surface area contributed by atoms with Crippen molar-refractivity contribution >= 4 is 45.0 Å². The van der Waals surface area contributed by atoms with Gasteiger partial charge in [0.2, 0.25) is 0 Å². The van der Waals surface area contributed by atoms with Crippen molar-refractivity contribution in [2.45, 2.75) is 25.8 Å². The van der Waals surface area contributed by atoms with Crippen LogP contribution in [-0.2, 0) is 0 Å². The second-order valence-corrected chi connectivity index (χ2v) is 7.27. The van der Waals surface area contributed by atoms with Gasteiger partial charge < -0.3 is 16.0 Å². The SMILES string of the molecule is Cc1ccc(NC(=O)c2sc3nccc(NC4CC4)c3c2C=N)cc1. The van der Waals surface area contributed by atoms with E-state index in [4.69, 9.17) is 5.41 Å². The van der Waals surface area contributed by atoms with Crippen molar-refractivity contribution in [3.63, 3.8) is 0 Å². The standard InChI is InChI=1S/C19H18N4OS/c1-11-2-4-13(5-3-11)23-18(24)17-14(10-20)16-15(22-12-6-7-12)8-9-21-19(16)25-17/h2-5,8-10,12,20H,6-7H2,1H3,(H,21,22)(H,23,24). The number of rotatable bonds is 5. The molecule has 0 spiro atoms. The number of anilines is 2. The number of amides is 1. The lowest BCUT2D eigenvalue weighted by molar-refractivity contribution is 0.103. The lowest BCUT2D eigenvalue weighted by atomic mass is 10.1. The third kappa shape index (κ3) is 3.13. The molecule has 1 aromatic carbocycles. The van der Waals surface area contributed by atoms with E-state index in [0.29, 0.717) is 16.5 Å². The maximum atomic E-state index is 12.7. The first-order chi connectivity index (χ1) is 12.2. The Morgan fingerprint density at radius 3 is 2.72 bits per heavy atom. The van der Waals surface area contributed by atoms with E-state index < -0.39 is 0 Å². The first kappa shape index (κ1) is 15.8. The number of thiophene rings is 1. The number of carbonyl (C=O) groups is 1. The van der Waals surface area contributed by atoms with Crippen LogP contribution in [0, 0.1) is 12.3 Å². The summed E-state index contributed by atoms with van der Waals surface area (Å²) < 4.78 is 0.